The lowest BCUT2D eigenvalue weighted by Crippen LogP contribution is -2.39. The lowest BCUT2D eigenvalue weighted by molar-refractivity contribution is -0.386. The quantitative estimate of drug-likeness (QED) is 0.623. The molecule has 0 radical (unpaired) electrons. The van der Waals surface area contributed by atoms with Crippen molar-refractivity contribution in [2.75, 3.05) is 19.7 Å². The molecule has 0 aliphatic carbocycles. The molecule has 1 heterocycles. The van der Waals surface area contributed by atoms with E-state index in [2.05, 4.69) is 0 Å². The van der Waals surface area contributed by atoms with Gasteiger partial charge in [-0.25, -0.2) is 8.42 Å². The van der Waals surface area contributed by atoms with Gasteiger partial charge in [0, 0.05) is 25.8 Å². The molecule has 1 aromatic rings. The van der Waals surface area contributed by atoms with Crippen molar-refractivity contribution in [3.63, 3.8) is 0 Å². The highest BCUT2D eigenvalue weighted by Crippen LogP contribution is 2.30. The SMILES string of the molecule is O=[N+]([O-])c1cc(S(=O)(=O)N2CCC(CO)CC2)ccc1O. The van der Waals surface area contributed by atoms with Crippen molar-refractivity contribution in [1.82, 2.24) is 4.31 Å². The summed E-state index contributed by atoms with van der Waals surface area (Å²) >= 11 is 0. The molecule has 0 unspecified atom stereocenters. The van der Waals surface area contributed by atoms with Gasteiger partial charge in [-0.05, 0) is 30.9 Å². The molecule has 0 spiro atoms. The van der Waals surface area contributed by atoms with Crippen LogP contribution < -0.4 is 0 Å². The van der Waals surface area contributed by atoms with Crippen LogP contribution in [0.3, 0.4) is 0 Å². The van der Waals surface area contributed by atoms with Gasteiger partial charge in [-0.2, -0.15) is 4.31 Å². The predicted octanol–water partition coefficient (Wildman–Crippen LogP) is 0.693. The molecule has 0 amide bonds. The number of benzene rings is 1. The van der Waals surface area contributed by atoms with E-state index < -0.39 is 26.4 Å². The van der Waals surface area contributed by atoms with Crippen LogP contribution in [0.1, 0.15) is 12.8 Å². The number of phenolic OH excluding ortho intramolecular Hbond substituents is 1. The van der Waals surface area contributed by atoms with Crippen LogP contribution in [0.25, 0.3) is 0 Å². The first-order valence-corrected chi connectivity index (χ1v) is 7.88. The number of phenols is 1. The van der Waals surface area contributed by atoms with Crippen molar-refractivity contribution < 1.29 is 23.6 Å². The van der Waals surface area contributed by atoms with Crippen molar-refractivity contribution in [3.05, 3.63) is 28.3 Å². The minimum absolute atomic E-state index is 0.0264. The van der Waals surface area contributed by atoms with Crippen LogP contribution in [0, 0.1) is 16.0 Å². The van der Waals surface area contributed by atoms with E-state index in [1.54, 1.807) is 0 Å². The summed E-state index contributed by atoms with van der Waals surface area (Å²) < 4.78 is 26.1. The Kier molecular flexibility index (Phi) is 4.45. The molecule has 9 heteroatoms. The van der Waals surface area contributed by atoms with Gasteiger partial charge in [-0.3, -0.25) is 10.1 Å². The Morgan fingerprint density at radius 1 is 1.33 bits per heavy atom. The highest BCUT2D eigenvalue weighted by molar-refractivity contribution is 7.89. The maximum absolute atomic E-state index is 12.4. The Bertz CT molecular complexity index is 637. The van der Waals surface area contributed by atoms with Crippen molar-refractivity contribution in [3.8, 4) is 5.75 Å². The zero-order valence-electron chi connectivity index (χ0n) is 11.2. The van der Waals surface area contributed by atoms with E-state index in [1.807, 2.05) is 0 Å². The van der Waals surface area contributed by atoms with Crippen molar-refractivity contribution in [1.29, 1.82) is 0 Å². The minimum Gasteiger partial charge on any atom is -0.502 e. The van der Waals surface area contributed by atoms with Gasteiger partial charge in [0.05, 0.1) is 9.82 Å². The Balaban J connectivity index is 2.28. The van der Waals surface area contributed by atoms with Crippen LogP contribution in [-0.4, -0.2) is 47.6 Å². The zero-order valence-corrected chi connectivity index (χ0v) is 12.0. The van der Waals surface area contributed by atoms with Gasteiger partial charge >= 0.3 is 5.69 Å². The number of aromatic hydroxyl groups is 1. The largest absolute Gasteiger partial charge is 0.502 e. The van der Waals surface area contributed by atoms with Crippen LogP contribution >= 0.6 is 0 Å². The summed E-state index contributed by atoms with van der Waals surface area (Å²) in [5.41, 5.74) is -0.638. The number of hydrogen-bond acceptors (Lipinski definition) is 6. The summed E-state index contributed by atoms with van der Waals surface area (Å²) in [6, 6.07) is 3.02. The fourth-order valence-corrected chi connectivity index (χ4v) is 3.78. The van der Waals surface area contributed by atoms with Crippen LogP contribution in [0.15, 0.2) is 23.1 Å². The molecule has 1 aliphatic heterocycles. The summed E-state index contributed by atoms with van der Waals surface area (Å²) in [6.07, 6.45) is 1.10. The third kappa shape index (κ3) is 3.14. The van der Waals surface area contributed by atoms with Gasteiger partial charge in [0.15, 0.2) is 5.75 Å². The number of nitro benzene ring substituents is 1. The van der Waals surface area contributed by atoms with Gasteiger partial charge in [0.25, 0.3) is 0 Å². The monoisotopic (exact) mass is 316 g/mol. The van der Waals surface area contributed by atoms with E-state index in [4.69, 9.17) is 5.11 Å². The molecule has 1 saturated heterocycles. The summed E-state index contributed by atoms with van der Waals surface area (Å²) in [7, 11) is -3.83. The molecule has 0 atom stereocenters. The van der Waals surface area contributed by atoms with Gasteiger partial charge in [0.1, 0.15) is 0 Å². The normalized spacial score (nSPS) is 17.8. The third-order valence-corrected chi connectivity index (χ3v) is 5.51. The van der Waals surface area contributed by atoms with Gasteiger partial charge < -0.3 is 10.2 Å². The number of aliphatic hydroxyl groups is 1. The van der Waals surface area contributed by atoms with E-state index in [-0.39, 0.29) is 30.5 Å². The zero-order chi connectivity index (χ0) is 15.6. The molecule has 1 aromatic carbocycles. The van der Waals surface area contributed by atoms with Crippen LogP contribution in [0.4, 0.5) is 5.69 Å². The number of hydrogen-bond donors (Lipinski definition) is 2. The molecule has 2 N–H and O–H groups in total. The van der Waals surface area contributed by atoms with E-state index in [0.717, 1.165) is 18.2 Å². The Labute approximate surface area is 121 Å². The molecule has 116 valence electrons. The maximum atomic E-state index is 12.4. The second kappa shape index (κ2) is 5.96. The highest BCUT2D eigenvalue weighted by Gasteiger charge is 2.30. The summed E-state index contributed by atoms with van der Waals surface area (Å²) in [4.78, 5) is 9.73. The van der Waals surface area contributed by atoms with Crippen LogP contribution in [0.5, 0.6) is 5.75 Å². The average Bonchev–Trinajstić information content (AvgIpc) is 2.47. The van der Waals surface area contributed by atoms with Crippen molar-refractivity contribution >= 4 is 15.7 Å². The molecular formula is C12H16N2O6S. The van der Waals surface area contributed by atoms with Gasteiger partial charge in [0.2, 0.25) is 10.0 Å². The summed E-state index contributed by atoms with van der Waals surface area (Å²) in [6.45, 7) is 0.559. The fraction of sp³-hybridized carbons (Fsp3) is 0.500. The van der Waals surface area contributed by atoms with E-state index in [1.165, 1.54) is 4.31 Å². The molecule has 0 saturated carbocycles. The number of piperidine rings is 1. The molecule has 1 aliphatic rings. The van der Waals surface area contributed by atoms with E-state index in [0.29, 0.717) is 12.8 Å². The second-order valence-corrected chi connectivity index (χ2v) is 6.88. The number of aliphatic hydroxyl groups excluding tert-OH is 1. The van der Waals surface area contributed by atoms with Crippen LogP contribution in [0.2, 0.25) is 0 Å². The lowest BCUT2D eigenvalue weighted by atomic mass is 10.00. The van der Waals surface area contributed by atoms with Crippen molar-refractivity contribution in [2.24, 2.45) is 5.92 Å². The molecule has 2 rings (SSSR count). The second-order valence-electron chi connectivity index (χ2n) is 4.94. The van der Waals surface area contributed by atoms with E-state index >= 15 is 0 Å². The van der Waals surface area contributed by atoms with Crippen molar-refractivity contribution in [2.45, 2.75) is 17.7 Å². The minimum atomic E-state index is -3.83. The van der Waals surface area contributed by atoms with Crippen LogP contribution in [-0.2, 0) is 10.0 Å². The molecular weight excluding hydrogens is 300 g/mol. The number of rotatable bonds is 4. The smallest absolute Gasteiger partial charge is 0.312 e. The summed E-state index contributed by atoms with van der Waals surface area (Å²) in [5, 5.41) is 29.2. The first-order chi connectivity index (χ1) is 9.86. The topological polar surface area (TPSA) is 121 Å². The number of sulfonamides is 1. The number of nitro groups is 1. The average molecular weight is 316 g/mol. The highest BCUT2D eigenvalue weighted by atomic mass is 32.2. The Morgan fingerprint density at radius 2 is 1.95 bits per heavy atom. The Hall–Kier alpha value is -1.71. The molecule has 0 aromatic heterocycles. The maximum Gasteiger partial charge on any atom is 0.312 e. The third-order valence-electron chi connectivity index (χ3n) is 3.61. The van der Waals surface area contributed by atoms with Gasteiger partial charge in [-0.15, -0.1) is 0 Å². The number of nitrogens with zero attached hydrogens (tertiary/aromatic N) is 2. The molecule has 21 heavy (non-hydrogen) atoms. The fourth-order valence-electron chi connectivity index (χ4n) is 2.29. The first-order valence-electron chi connectivity index (χ1n) is 6.44. The lowest BCUT2D eigenvalue weighted by Gasteiger charge is -2.30. The first kappa shape index (κ1) is 15.7. The standard InChI is InChI=1S/C12H16N2O6S/c15-8-9-3-5-13(6-4-9)21(19,20)10-1-2-12(16)11(7-10)14(17)18/h1-2,7,9,15-16H,3-6,8H2. The molecule has 8 nitrogen and oxygen atoms in total. The summed E-state index contributed by atoms with van der Waals surface area (Å²) in [5.74, 6) is -0.483. The van der Waals surface area contributed by atoms with E-state index in [9.17, 15) is 23.6 Å². The molecule has 1 fully saturated rings. The molecule has 0 bridgehead atoms. The Morgan fingerprint density at radius 3 is 2.48 bits per heavy atom. The predicted molar refractivity (Wildman–Crippen MR) is 73.3 cm³/mol. The van der Waals surface area contributed by atoms with Gasteiger partial charge in [-0.1, -0.05) is 0 Å².